The van der Waals surface area contributed by atoms with Crippen LogP contribution in [-0.4, -0.2) is 42.0 Å². The van der Waals surface area contributed by atoms with Crippen LogP contribution in [-0.2, 0) is 0 Å². The lowest BCUT2D eigenvalue weighted by atomic mass is 10.1. The van der Waals surface area contributed by atoms with Crippen molar-refractivity contribution >= 4 is 5.69 Å². The molecule has 0 spiro atoms. The molecule has 0 bridgehead atoms. The van der Waals surface area contributed by atoms with E-state index in [1.165, 1.54) is 25.1 Å². The molecule has 106 valence electrons. The second-order valence-corrected chi connectivity index (χ2v) is 5.50. The molecule has 19 heavy (non-hydrogen) atoms. The summed E-state index contributed by atoms with van der Waals surface area (Å²) in [5, 5.41) is 0. The van der Waals surface area contributed by atoms with Gasteiger partial charge in [-0.05, 0) is 44.1 Å². The maximum atomic E-state index is 5.89. The van der Waals surface area contributed by atoms with Crippen LogP contribution >= 0.6 is 0 Å². The van der Waals surface area contributed by atoms with E-state index in [4.69, 9.17) is 5.73 Å². The van der Waals surface area contributed by atoms with Crippen molar-refractivity contribution in [1.29, 1.82) is 0 Å². The maximum absolute atomic E-state index is 5.89. The third-order valence-electron chi connectivity index (χ3n) is 4.46. The zero-order chi connectivity index (χ0) is 13.8. The number of likely N-dealkylation sites (N-methyl/N-ethyl adjacent to an activating group) is 1. The van der Waals surface area contributed by atoms with Gasteiger partial charge in [-0.3, -0.25) is 9.80 Å². The Morgan fingerprint density at radius 2 is 2.11 bits per heavy atom. The second kappa shape index (κ2) is 6.40. The Balaban J connectivity index is 2.00. The monoisotopic (exact) mass is 261 g/mol. The lowest BCUT2D eigenvalue weighted by molar-refractivity contribution is 0.193. The van der Waals surface area contributed by atoms with Crippen molar-refractivity contribution in [1.82, 2.24) is 9.80 Å². The maximum Gasteiger partial charge on any atom is 0.0321 e. The fourth-order valence-electron chi connectivity index (χ4n) is 3.19. The zero-order valence-electron chi connectivity index (χ0n) is 12.5. The van der Waals surface area contributed by atoms with Crippen LogP contribution in [0.2, 0.25) is 0 Å². The molecule has 0 aromatic heterocycles. The van der Waals surface area contributed by atoms with Crippen molar-refractivity contribution in [2.45, 2.75) is 39.3 Å². The molecule has 1 heterocycles. The molecule has 1 aromatic carbocycles. The first-order chi connectivity index (χ1) is 9.15. The average molecular weight is 261 g/mol. The number of anilines is 1. The van der Waals surface area contributed by atoms with Crippen LogP contribution in [0.15, 0.2) is 24.3 Å². The summed E-state index contributed by atoms with van der Waals surface area (Å²) in [6.45, 7) is 11.5. The molecule has 0 amide bonds. The molecule has 2 N–H and O–H groups in total. The Morgan fingerprint density at radius 3 is 2.74 bits per heavy atom. The number of nitrogens with two attached hydrogens (primary N) is 1. The highest BCUT2D eigenvalue weighted by atomic mass is 15.3. The predicted octanol–water partition coefficient (Wildman–Crippen LogP) is 2.75. The van der Waals surface area contributed by atoms with E-state index in [0.29, 0.717) is 6.04 Å². The van der Waals surface area contributed by atoms with E-state index >= 15 is 0 Å². The van der Waals surface area contributed by atoms with Crippen LogP contribution in [0.3, 0.4) is 0 Å². The van der Waals surface area contributed by atoms with Crippen LogP contribution in [0.25, 0.3) is 0 Å². The van der Waals surface area contributed by atoms with Gasteiger partial charge in [0.1, 0.15) is 0 Å². The van der Waals surface area contributed by atoms with Crippen molar-refractivity contribution in [3.8, 4) is 0 Å². The fourth-order valence-corrected chi connectivity index (χ4v) is 3.19. The van der Waals surface area contributed by atoms with Gasteiger partial charge in [-0.15, -0.1) is 0 Å². The van der Waals surface area contributed by atoms with E-state index in [-0.39, 0.29) is 0 Å². The molecule has 2 unspecified atom stereocenters. The van der Waals surface area contributed by atoms with Gasteiger partial charge in [0.25, 0.3) is 0 Å². The molecule has 2 rings (SSSR count). The summed E-state index contributed by atoms with van der Waals surface area (Å²) in [5.74, 6) is 0. The van der Waals surface area contributed by atoms with Crippen LogP contribution < -0.4 is 5.73 Å². The Morgan fingerprint density at radius 1 is 1.37 bits per heavy atom. The van der Waals surface area contributed by atoms with Crippen LogP contribution in [0.5, 0.6) is 0 Å². The Hall–Kier alpha value is -1.06. The largest absolute Gasteiger partial charge is 0.399 e. The van der Waals surface area contributed by atoms with E-state index in [1.807, 2.05) is 6.07 Å². The van der Waals surface area contributed by atoms with Crippen LogP contribution in [0, 0.1) is 0 Å². The Labute approximate surface area is 117 Å². The predicted molar refractivity (Wildman–Crippen MR) is 82.2 cm³/mol. The minimum Gasteiger partial charge on any atom is -0.399 e. The third-order valence-corrected chi connectivity index (χ3v) is 4.46. The summed E-state index contributed by atoms with van der Waals surface area (Å²) < 4.78 is 0. The Bertz CT molecular complexity index is 401. The number of nitrogens with zero attached hydrogens (tertiary/aromatic N) is 2. The molecule has 3 heteroatoms. The lowest BCUT2D eigenvalue weighted by Gasteiger charge is -2.28. The smallest absolute Gasteiger partial charge is 0.0321 e. The van der Waals surface area contributed by atoms with E-state index in [2.05, 4.69) is 48.8 Å². The zero-order valence-corrected chi connectivity index (χ0v) is 12.5. The van der Waals surface area contributed by atoms with Gasteiger partial charge in [-0.2, -0.15) is 0 Å². The first-order valence-electron chi connectivity index (χ1n) is 7.49. The number of hydrogen-bond donors (Lipinski definition) is 1. The molecule has 3 nitrogen and oxygen atoms in total. The van der Waals surface area contributed by atoms with Crippen molar-refractivity contribution in [3.63, 3.8) is 0 Å². The fraction of sp³-hybridized carbons (Fsp3) is 0.625. The summed E-state index contributed by atoms with van der Waals surface area (Å²) in [6.07, 6.45) is 1.29. The highest BCUT2D eigenvalue weighted by Gasteiger charge is 2.29. The number of likely N-dealkylation sites (tertiary alicyclic amines) is 1. The molecule has 0 radical (unpaired) electrons. The third kappa shape index (κ3) is 3.28. The molecule has 1 aliphatic rings. The molecule has 1 saturated heterocycles. The summed E-state index contributed by atoms with van der Waals surface area (Å²) in [4.78, 5) is 5.16. The molecular weight excluding hydrogens is 234 g/mol. The first-order valence-corrected chi connectivity index (χ1v) is 7.49. The highest BCUT2D eigenvalue weighted by Crippen LogP contribution is 2.27. The lowest BCUT2D eigenvalue weighted by Crippen LogP contribution is -2.37. The molecule has 0 aliphatic carbocycles. The first kappa shape index (κ1) is 14.4. The van der Waals surface area contributed by atoms with Gasteiger partial charge in [0, 0.05) is 30.9 Å². The van der Waals surface area contributed by atoms with Gasteiger partial charge in [-0.1, -0.05) is 26.0 Å². The summed E-state index contributed by atoms with van der Waals surface area (Å²) in [7, 11) is 0. The second-order valence-electron chi connectivity index (χ2n) is 5.50. The quantitative estimate of drug-likeness (QED) is 0.827. The van der Waals surface area contributed by atoms with Crippen molar-refractivity contribution in [3.05, 3.63) is 29.8 Å². The minimum absolute atomic E-state index is 0.462. The molecule has 0 saturated carbocycles. The van der Waals surface area contributed by atoms with Crippen LogP contribution in [0.1, 0.15) is 38.8 Å². The summed E-state index contributed by atoms with van der Waals surface area (Å²) >= 11 is 0. The number of hydrogen-bond acceptors (Lipinski definition) is 3. The van der Waals surface area contributed by atoms with Gasteiger partial charge in [-0.25, -0.2) is 0 Å². The van der Waals surface area contributed by atoms with E-state index in [1.54, 1.807) is 0 Å². The Kier molecular flexibility index (Phi) is 4.83. The molecule has 1 fully saturated rings. The topological polar surface area (TPSA) is 32.5 Å². The molecule has 1 aliphatic heterocycles. The number of nitrogen functional groups attached to an aromatic ring is 1. The summed E-state index contributed by atoms with van der Waals surface area (Å²) in [6, 6.07) is 9.49. The van der Waals surface area contributed by atoms with E-state index in [9.17, 15) is 0 Å². The van der Waals surface area contributed by atoms with E-state index in [0.717, 1.165) is 24.8 Å². The van der Waals surface area contributed by atoms with Gasteiger partial charge in [0.15, 0.2) is 0 Å². The van der Waals surface area contributed by atoms with Crippen molar-refractivity contribution in [2.24, 2.45) is 0 Å². The highest BCUT2D eigenvalue weighted by molar-refractivity contribution is 5.41. The normalized spacial score (nSPS) is 22.0. The minimum atomic E-state index is 0.462. The molecular formula is C16H27N3. The van der Waals surface area contributed by atoms with Gasteiger partial charge < -0.3 is 5.73 Å². The average Bonchev–Trinajstić information content (AvgIpc) is 2.89. The number of rotatable bonds is 5. The SMILES string of the molecule is CCN(CC)C1CCN(C(C)c2cccc(N)c2)C1. The van der Waals surface area contributed by atoms with Crippen molar-refractivity contribution < 1.29 is 0 Å². The standard InChI is InChI=1S/C16H27N3/c1-4-18(5-2)16-9-10-19(12-16)13(3)14-7-6-8-15(17)11-14/h6-8,11,13,16H,4-5,9-10,12,17H2,1-3H3. The molecule has 2 atom stereocenters. The van der Waals surface area contributed by atoms with Crippen molar-refractivity contribution in [2.75, 3.05) is 31.9 Å². The number of benzene rings is 1. The van der Waals surface area contributed by atoms with Gasteiger partial charge >= 0.3 is 0 Å². The van der Waals surface area contributed by atoms with Gasteiger partial charge in [0.05, 0.1) is 0 Å². The van der Waals surface area contributed by atoms with E-state index < -0.39 is 0 Å². The molecule has 1 aromatic rings. The summed E-state index contributed by atoms with van der Waals surface area (Å²) in [5.41, 5.74) is 8.09. The van der Waals surface area contributed by atoms with Crippen LogP contribution in [0.4, 0.5) is 5.69 Å². The van der Waals surface area contributed by atoms with Gasteiger partial charge in [0.2, 0.25) is 0 Å².